The lowest BCUT2D eigenvalue weighted by Gasteiger charge is -2.42. The van der Waals surface area contributed by atoms with Crippen LogP contribution < -0.4 is 5.32 Å². The minimum absolute atomic E-state index is 0.342. The molecule has 0 aromatic rings. The number of nitrogens with one attached hydrogen (secondary N) is 1. The Morgan fingerprint density at radius 1 is 1.31 bits per heavy atom. The molecule has 1 rings (SSSR count). The lowest BCUT2D eigenvalue weighted by molar-refractivity contribution is 0.0823. The van der Waals surface area contributed by atoms with Crippen molar-refractivity contribution in [1.82, 2.24) is 10.2 Å². The number of likely N-dealkylation sites (tertiary alicyclic amines) is 1. The molecule has 0 aliphatic carbocycles. The van der Waals surface area contributed by atoms with E-state index in [-0.39, 0.29) is 0 Å². The first kappa shape index (κ1) is 14.0. The number of hydrogen-bond acceptors (Lipinski definition) is 2. The number of likely N-dealkylation sites (N-methyl/N-ethyl adjacent to an activating group) is 1. The fourth-order valence-corrected chi connectivity index (χ4v) is 2.71. The molecule has 1 fully saturated rings. The zero-order valence-electron chi connectivity index (χ0n) is 12.0. The van der Waals surface area contributed by atoms with Gasteiger partial charge in [-0.15, -0.1) is 0 Å². The molecule has 0 aromatic heterocycles. The minimum Gasteiger partial charge on any atom is -0.315 e. The smallest absolute Gasteiger partial charge is 0.0240 e. The molecule has 0 bridgehead atoms. The second kappa shape index (κ2) is 5.50. The van der Waals surface area contributed by atoms with Crippen molar-refractivity contribution in [1.29, 1.82) is 0 Å². The van der Waals surface area contributed by atoms with Crippen molar-refractivity contribution < 1.29 is 0 Å². The fourth-order valence-electron chi connectivity index (χ4n) is 2.71. The van der Waals surface area contributed by atoms with Gasteiger partial charge in [0.25, 0.3) is 0 Å². The van der Waals surface area contributed by atoms with Gasteiger partial charge in [-0.2, -0.15) is 0 Å². The monoisotopic (exact) mass is 226 g/mol. The summed E-state index contributed by atoms with van der Waals surface area (Å²) in [6.45, 7) is 14.2. The van der Waals surface area contributed by atoms with Gasteiger partial charge in [-0.3, -0.25) is 4.90 Å². The first-order chi connectivity index (χ1) is 7.36. The highest BCUT2D eigenvalue weighted by molar-refractivity contribution is 4.87. The Labute approximate surface area is 102 Å². The zero-order chi connectivity index (χ0) is 12.3. The zero-order valence-corrected chi connectivity index (χ0v) is 12.0. The molecule has 3 atom stereocenters. The van der Waals surface area contributed by atoms with Crippen LogP contribution in [-0.4, -0.2) is 37.1 Å². The summed E-state index contributed by atoms with van der Waals surface area (Å²) >= 11 is 0. The summed E-state index contributed by atoms with van der Waals surface area (Å²) in [6, 6.07) is 1.33. The van der Waals surface area contributed by atoms with Gasteiger partial charge in [-0.1, -0.05) is 27.7 Å². The minimum atomic E-state index is 0.342. The molecule has 2 nitrogen and oxygen atoms in total. The third-order valence-corrected chi connectivity index (χ3v) is 4.32. The first-order valence-electron chi connectivity index (χ1n) is 6.77. The maximum Gasteiger partial charge on any atom is 0.0240 e. The van der Waals surface area contributed by atoms with Crippen LogP contribution in [0.2, 0.25) is 0 Å². The Hall–Kier alpha value is -0.0800. The Morgan fingerprint density at radius 3 is 2.44 bits per heavy atom. The molecule has 0 radical (unpaired) electrons. The molecule has 1 N–H and O–H groups in total. The van der Waals surface area contributed by atoms with E-state index in [1.54, 1.807) is 0 Å². The van der Waals surface area contributed by atoms with Gasteiger partial charge in [0.1, 0.15) is 0 Å². The van der Waals surface area contributed by atoms with E-state index in [9.17, 15) is 0 Å². The van der Waals surface area contributed by atoms with E-state index in [2.05, 4.69) is 51.9 Å². The van der Waals surface area contributed by atoms with E-state index < -0.39 is 0 Å². The van der Waals surface area contributed by atoms with Gasteiger partial charge in [0.05, 0.1) is 0 Å². The van der Waals surface area contributed by atoms with Gasteiger partial charge in [-0.25, -0.2) is 0 Å². The maximum absolute atomic E-state index is 3.48. The first-order valence-corrected chi connectivity index (χ1v) is 6.77. The molecule has 0 spiro atoms. The maximum atomic E-state index is 3.48. The molecular weight excluding hydrogens is 196 g/mol. The molecule has 0 saturated carbocycles. The number of rotatable bonds is 3. The van der Waals surface area contributed by atoms with E-state index >= 15 is 0 Å². The molecule has 16 heavy (non-hydrogen) atoms. The second-order valence-corrected chi connectivity index (χ2v) is 6.56. The quantitative estimate of drug-likeness (QED) is 0.796. The lowest BCUT2D eigenvalue weighted by atomic mass is 9.84. The van der Waals surface area contributed by atoms with Crippen molar-refractivity contribution in [2.24, 2.45) is 11.3 Å². The van der Waals surface area contributed by atoms with Crippen LogP contribution in [-0.2, 0) is 0 Å². The summed E-state index contributed by atoms with van der Waals surface area (Å²) in [5.74, 6) is 0.853. The Morgan fingerprint density at radius 2 is 1.94 bits per heavy atom. The van der Waals surface area contributed by atoms with E-state index in [4.69, 9.17) is 0 Å². The van der Waals surface area contributed by atoms with Gasteiger partial charge in [0.2, 0.25) is 0 Å². The molecule has 1 aliphatic heterocycles. The molecular formula is C14H30N2. The second-order valence-electron chi connectivity index (χ2n) is 6.56. The van der Waals surface area contributed by atoms with Crippen molar-refractivity contribution in [3.8, 4) is 0 Å². The summed E-state index contributed by atoms with van der Waals surface area (Å²) in [4.78, 5) is 2.67. The van der Waals surface area contributed by atoms with E-state index in [1.807, 2.05) is 0 Å². The van der Waals surface area contributed by atoms with Crippen LogP contribution in [0.5, 0.6) is 0 Å². The number of nitrogens with zero attached hydrogens (tertiary/aromatic N) is 1. The van der Waals surface area contributed by atoms with Crippen LogP contribution in [0.25, 0.3) is 0 Å². The SMILES string of the molecule is CNC(CN1CCCC(C)C1C)C(C)(C)C. The summed E-state index contributed by atoms with van der Waals surface area (Å²) in [7, 11) is 2.09. The predicted octanol–water partition coefficient (Wildman–Crippen LogP) is 2.74. The normalized spacial score (nSPS) is 30.4. The lowest BCUT2D eigenvalue weighted by Crippen LogP contribution is -2.52. The molecule has 96 valence electrons. The Bertz CT molecular complexity index is 207. The van der Waals surface area contributed by atoms with Crippen LogP contribution in [0, 0.1) is 11.3 Å². The molecule has 1 heterocycles. The van der Waals surface area contributed by atoms with Crippen molar-refractivity contribution >= 4 is 0 Å². The predicted molar refractivity (Wildman–Crippen MR) is 71.7 cm³/mol. The van der Waals surface area contributed by atoms with Crippen molar-refractivity contribution in [3.63, 3.8) is 0 Å². The van der Waals surface area contributed by atoms with Crippen molar-refractivity contribution in [3.05, 3.63) is 0 Å². The Balaban J connectivity index is 2.57. The molecule has 0 amide bonds. The standard InChI is InChI=1S/C14H30N2/c1-11-8-7-9-16(12(11)2)10-13(15-6)14(3,4)5/h11-13,15H,7-10H2,1-6H3. The highest BCUT2D eigenvalue weighted by Crippen LogP contribution is 2.26. The number of piperidine rings is 1. The highest BCUT2D eigenvalue weighted by atomic mass is 15.2. The van der Waals surface area contributed by atoms with Crippen molar-refractivity contribution in [2.45, 2.75) is 59.5 Å². The van der Waals surface area contributed by atoms with Gasteiger partial charge >= 0.3 is 0 Å². The Kier molecular flexibility index (Phi) is 4.81. The van der Waals surface area contributed by atoms with E-state index in [0.717, 1.165) is 12.0 Å². The molecule has 3 unspecified atom stereocenters. The molecule has 0 aromatic carbocycles. The third-order valence-electron chi connectivity index (χ3n) is 4.32. The van der Waals surface area contributed by atoms with Crippen LogP contribution >= 0.6 is 0 Å². The van der Waals surface area contributed by atoms with Crippen LogP contribution in [0.15, 0.2) is 0 Å². The summed E-state index contributed by atoms with van der Waals surface area (Å²) in [5, 5.41) is 3.48. The van der Waals surface area contributed by atoms with Gasteiger partial charge in [0, 0.05) is 18.6 Å². The van der Waals surface area contributed by atoms with Crippen LogP contribution in [0.3, 0.4) is 0 Å². The summed E-state index contributed by atoms with van der Waals surface area (Å²) in [5.41, 5.74) is 0.342. The number of hydrogen-bond donors (Lipinski definition) is 1. The topological polar surface area (TPSA) is 15.3 Å². The van der Waals surface area contributed by atoms with Gasteiger partial charge in [0.15, 0.2) is 0 Å². The van der Waals surface area contributed by atoms with E-state index in [1.165, 1.54) is 25.9 Å². The fraction of sp³-hybridized carbons (Fsp3) is 1.00. The van der Waals surface area contributed by atoms with Gasteiger partial charge in [-0.05, 0) is 44.7 Å². The average Bonchev–Trinajstić information content (AvgIpc) is 2.18. The third kappa shape index (κ3) is 3.46. The highest BCUT2D eigenvalue weighted by Gasteiger charge is 2.30. The molecule has 1 saturated heterocycles. The van der Waals surface area contributed by atoms with E-state index in [0.29, 0.717) is 11.5 Å². The van der Waals surface area contributed by atoms with Crippen LogP contribution in [0.1, 0.15) is 47.5 Å². The largest absolute Gasteiger partial charge is 0.315 e. The van der Waals surface area contributed by atoms with Crippen molar-refractivity contribution in [2.75, 3.05) is 20.1 Å². The summed E-state index contributed by atoms with van der Waals surface area (Å²) in [6.07, 6.45) is 2.77. The van der Waals surface area contributed by atoms with Crippen LogP contribution in [0.4, 0.5) is 0 Å². The molecule has 2 heteroatoms. The average molecular weight is 226 g/mol. The van der Waals surface area contributed by atoms with Gasteiger partial charge < -0.3 is 5.32 Å². The summed E-state index contributed by atoms with van der Waals surface area (Å²) < 4.78 is 0. The molecule has 1 aliphatic rings.